The van der Waals surface area contributed by atoms with Crippen LogP contribution in [0.1, 0.15) is 17.2 Å². The molecule has 26 heavy (non-hydrogen) atoms. The molecule has 1 saturated heterocycles. The molecule has 1 aliphatic heterocycles. The van der Waals surface area contributed by atoms with Crippen molar-refractivity contribution in [2.45, 2.75) is 12.5 Å². The van der Waals surface area contributed by atoms with Crippen LogP contribution < -0.4 is 0 Å². The minimum Gasteiger partial charge on any atom is -0.508 e. The van der Waals surface area contributed by atoms with Gasteiger partial charge in [0.2, 0.25) is 5.91 Å². The third kappa shape index (κ3) is 3.53. The topological polar surface area (TPSA) is 62.7 Å². The predicted molar refractivity (Wildman–Crippen MR) is 98.8 cm³/mol. The Morgan fingerprint density at radius 1 is 1.19 bits per heavy atom. The van der Waals surface area contributed by atoms with Crippen LogP contribution in [0.4, 0.5) is 0 Å². The van der Waals surface area contributed by atoms with E-state index in [4.69, 9.17) is 4.74 Å². The summed E-state index contributed by atoms with van der Waals surface area (Å²) in [5.41, 5.74) is 2.72. The van der Waals surface area contributed by atoms with Gasteiger partial charge in [0.25, 0.3) is 0 Å². The van der Waals surface area contributed by atoms with Gasteiger partial charge in [-0.3, -0.25) is 9.78 Å². The molecule has 2 heterocycles. The highest BCUT2D eigenvalue weighted by atomic mass is 16.5. The molecular formula is C21H20N2O3. The third-order valence-electron chi connectivity index (χ3n) is 4.66. The van der Waals surface area contributed by atoms with Crippen molar-refractivity contribution >= 4 is 16.8 Å². The monoisotopic (exact) mass is 348 g/mol. The highest BCUT2D eigenvalue weighted by molar-refractivity contribution is 5.82. The summed E-state index contributed by atoms with van der Waals surface area (Å²) in [7, 11) is 0. The fourth-order valence-electron chi connectivity index (χ4n) is 3.30. The molecule has 1 aromatic heterocycles. The van der Waals surface area contributed by atoms with Crippen molar-refractivity contribution < 1.29 is 14.6 Å². The zero-order valence-corrected chi connectivity index (χ0v) is 14.3. The van der Waals surface area contributed by atoms with Gasteiger partial charge in [0.15, 0.2) is 0 Å². The van der Waals surface area contributed by atoms with E-state index in [2.05, 4.69) is 4.98 Å². The molecule has 5 nitrogen and oxygen atoms in total. The lowest BCUT2D eigenvalue weighted by atomic mass is 10.1. The van der Waals surface area contributed by atoms with Crippen LogP contribution in [0.25, 0.3) is 10.9 Å². The van der Waals surface area contributed by atoms with Crippen LogP contribution in [-0.4, -0.2) is 40.6 Å². The van der Waals surface area contributed by atoms with Crippen LogP contribution in [0.5, 0.6) is 5.75 Å². The second-order valence-electron chi connectivity index (χ2n) is 6.51. The zero-order valence-electron chi connectivity index (χ0n) is 14.3. The number of aromatic nitrogens is 1. The van der Waals surface area contributed by atoms with Gasteiger partial charge in [-0.25, -0.2) is 0 Å². The van der Waals surface area contributed by atoms with Gasteiger partial charge in [0, 0.05) is 18.1 Å². The maximum atomic E-state index is 12.7. The van der Waals surface area contributed by atoms with Crippen molar-refractivity contribution in [1.29, 1.82) is 0 Å². The Morgan fingerprint density at radius 3 is 2.96 bits per heavy atom. The van der Waals surface area contributed by atoms with Gasteiger partial charge in [0.1, 0.15) is 11.9 Å². The number of carbonyl (C=O) groups is 1. The molecule has 3 aromatic rings. The number of phenols is 1. The number of hydrogen-bond donors (Lipinski definition) is 1. The van der Waals surface area contributed by atoms with Gasteiger partial charge in [-0.05, 0) is 35.4 Å². The van der Waals surface area contributed by atoms with Crippen LogP contribution in [-0.2, 0) is 16.0 Å². The smallest absolute Gasteiger partial charge is 0.227 e. The molecule has 0 spiro atoms. The highest BCUT2D eigenvalue weighted by Gasteiger charge is 2.25. The second-order valence-corrected chi connectivity index (χ2v) is 6.51. The van der Waals surface area contributed by atoms with E-state index >= 15 is 0 Å². The maximum Gasteiger partial charge on any atom is 0.227 e. The number of nitrogens with zero attached hydrogens (tertiary/aromatic N) is 2. The number of hydrogen-bond acceptors (Lipinski definition) is 4. The standard InChI is InChI=1S/C21H20N2O3/c24-18-6-3-5-17(12-18)20-14-23(8-9-26-20)21(25)11-15-10-16-4-1-2-7-19(16)22-13-15/h1-7,10,12-13,20,24H,8-9,11,14H2/t20-/m1/s1. The van der Waals surface area contributed by atoms with Gasteiger partial charge in [0.05, 0.1) is 25.1 Å². The summed E-state index contributed by atoms with van der Waals surface area (Å²) in [5, 5.41) is 10.7. The number of morpholine rings is 1. The summed E-state index contributed by atoms with van der Waals surface area (Å²) < 4.78 is 5.79. The molecule has 0 saturated carbocycles. The summed E-state index contributed by atoms with van der Waals surface area (Å²) in [6.07, 6.45) is 1.88. The van der Waals surface area contributed by atoms with E-state index in [1.165, 1.54) is 0 Å². The van der Waals surface area contributed by atoms with Crippen LogP contribution in [0.3, 0.4) is 0 Å². The van der Waals surface area contributed by atoms with Crippen molar-refractivity contribution in [3.8, 4) is 5.75 Å². The Hall–Kier alpha value is -2.92. The normalized spacial score (nSPS) is 17.4. The zero-order chi connectivity index (χ0) is 17.9. The van der Waals surface area contributed by atoms with Gasteiger partial charge < -0.3 is 14.7 Å². The van der Waals surface area contributed by atoms with Crippen molar-refractivity contribution in [3.05, 3.63) is 71.9 Å². The summed E-state index contributed by atoms with van der Waals surface area (Å²) in [6.45, 7) is 1.56. The van der Waals surface area contributed by atoms with Gasteiger partial charge in [-0.15, -0.1) is 0 Å². The van der Waals surface area contributed by atoms with Gasteiger partial charge in [-0.1, -0.05) is 30.3 Å². The fraction of sp³-hybridized carbons (Fsp3) is 0.238. The largest absolute Gasteiger partial charge is 0.508 e. The Balaban J connectivity index is 1.46. The number of phenolic OH excluding ortho intramolecular Hbond substituents is 1. The number of benzene rings is 2. The quantitative estimate of drug-likeness (QED) is 0.790. The van der Waals surface area contributed by atoms with Crippen molar-refractivity contribution in [2.24, 2.45) is 0 Å². The average molecular weight is 348 g/mol. The number of amides is 1. The number of ether oxygens (including phenoxy) is 1. The lowest BCUT2D eigenvalue weighted by Gasteiger charge is -2.33. The minimum atomic E-state index is -0.213. The molecule has 1 fully saturated rings. The number of fused-ring (bicyclic) bond motifs is 1. The summed E-state index contributed by atoms with van der Waals surface area (Å²) >= 11 is 0. The molecule has 1 N–H and O–H groups in total. The minimum absolute atomic E-state index is 0.0653. The van der Waals surface area contributed by atoms with Crippen LogP contribution in [0.2, 0.25) is 0 Å². The first kappa shape index (κ1) is 16.5. The van der Waals surface area contributed by atoms with Gasteiger partial charge >= 0.3 is 0 Å². The van der Waals surface area contributed by atoms with Crippen molar-refractivity contribution in [2.75, 3.05) is 19.7 Å². The number of para-hydroxylation sites is 1. The summed E-state index contributed by atoms with van der Waals surface area (Å²) in [4.78, 5) is 19.0. The lowest BCUT2D eigenvalue weighted by Crippen LogP contribution is -2.43. The molecular weight excluding hydrogens is 328 g/mol. The maximum absolute atomic E-state index is 12.7. The average Bonchev–Trinajstić information content (AvgIpc) is 2.68. The fourth-order valence-corrected chi connectivity index (χ4v) is 3.30. The molecule has 2 aromatic carbocycles. The number of aromatic hydroxyl groups is 1. The number of carbonyl (C=O) groups excluding carboxylic acids is 1. The van der Waals surface area contributed by atoms with Crippen LogP contribution in [0, 0.1) is 0 Å². The molecule has 5 heteroatoms. The Labute approximate surface area is 151 Å². The molecule has 4 rings (SSSR count). The van der Waals surface area contributed by atoms with E-state index in [0.717, 1.165) is 22.0 Å². The van der Waals surface area contributed by atoms with Crippen LogP contribution in [0.15, 0.2) is 60.8 Å². The van der Waals surface area contributed by atoms with Crippen molar-refractivity contribution in [1.82, 2.24) is 9.88 Å². The highest BCUT2D eigenvalue weighted by Crippen LogP contribution is 2.25. The number of pyridine rings is 1. The Bertz CT molecular complexity index is 941. The molecule has 0 radical (unpaired) electrons. The van der Waals surface area contributed by atoms with E-state index in [1.807, 2.05) is 41.3 Å². The van der Waals surface area contributed by atoms with E-state index < -0.39 is 0 Å². The van der Waals surface area contributed by atoms with E-state index in [1.54, 1.807) is 24.4 Å². The molecule has 1 atom stereocenters. The molecule has 1 amide bonds. The SMILES string of the molecule is O=C(Cc1cnc2ccccc2c1)N1CCO[C@@H](c2cccc(O)c2)C1. The first-order valence-electron chi connectivity index (χ1n) is 8.71. The summed E-state index contributed by atoms with van der Waals surface area (Å²) in [6, 6.07) is 16.9. The molecule has 0 aliphatic carbocycles. The number of rotatable bonds is 3. The van der Waals surface area contributed by atoms with E-state index in [0.29, 0.717) is 26.1 Å². The molecule has 132 valence electrons. The molecule has 1 aliphatic rings. The predicted octanol–water partition coefficient (Wildman–Crippen LogP) is 3.08. The van der Waals surface area contributed by atoms with Gasteiger partial charge in [-0.2, -0.15) is 0 Å². The Kier molecular flexibility index (Phi) is 4.54. The molecule has 0 unspecified atom stereocenters. The van der Waals surface area contributed by atoms with E-state index in [-0.39, 0.29) is 17.8 Å². The van der Waals surface area contributed by atoms with Crippen LogP contribution >= 0.6 is 0 Å². The first-order chi connectivity index (χ1) is 12.7. The first-order valence-corrected chi connectivity index (χ1v) is 8.71. The third-order valence-corrected chi connectivity index (χ3v) is 4.66. The molecule has 0 bridgehead atoms. The van der Waals surface area contributed by atoms with Crippen molar-refractivity contribution in [3.63, 3.8) is 0 Å². The summed E-state index contributed by atoms with van der Waals surface area (Å²) in [5.74, 6) is 0.271. The Morgan fingerprint density at radius 2 is 2.08 bits per heavy atom. The lowest BCUT2D eigenvalue weighted by molar-refractivity contribution is -0.138. The van der Waals surface area contributed by atoms with E-state index in [9.17, 15) is 9.90 Å². The second kappa shape index (κ2) is 7.14.